The van der Waals surface area contributed by atoms with Crippen LogP contribution in [0.25, 0.3) is 0 Å². The molecule has 1 aromatic carbocycles. The molecule has 0 radical (unpaired) electrons. The van der Waals surface area contributed by atoms with E-state index in [9.17, 15) is 9.59 Å². The van der Waals surface area contributed by atoms with E-state index in [2.05, 4.69) is 25.9 Å². The van der Waals surface area contributed by atoms with E-state index in [1.165, 1.54) is 12.4 Å². The number of Topliss-reactive ketones (excluding diaryl/α,β-unsaturated/α-hetero) is 2. The summed E-state index contributed by atoms with van der Waals surface area (Å²) in [6.07, 6.45) is 2.61. The first-order valence-corrected chi connectivity index (χ1v) is 6.53. The lowest BCUT2D eigenvalue weighted by Crippen LogP contribution is -2.11. The van der Waals surface area contributed by atoms with Crippen LogP contribution in [0.15, 0.2) is 41.1 Å². The van der Waals surface area contributed by atoms with Gasteiger partial charge in [0, 0.05) is 22.4 Å². The number of carbonyl (C=O) groups is 2. The van der Waals surface area contributed by atoms with Gasteiger partial charge in [-0.3, -0.25) is 9.59 Å². The van der Waals surface area contributed by atoms with Crippen molar-refractivity contribution < 1.29 is 9.59 Å². The molecule has 0 atom stereocenters. The van der Waals surface area contributed by atoms with Crippen molar-refractivity contribution in [3.63, 3.8) is 0 Å². The predicted octanol–water partition coefficient (Wildman–Crippen LogP) is 3.35. The Morgan fingerprint density at radius 2 is 1.84 bits per heavy atom. The van der Waals surface area contributed by atoms with Crippen LogP contribution in [-0.2, 0) is 0 Å². The smallest absolute Gasteiger partial charge is 0.207 e. The molecule has 2 aromatic rings. The summed E-state index contributed by atoms with van der Waals surface area (Å²) >= 11 is 9.21. The lowest BCUT2D eigenvalue weighted by atomic mass is 10.1. The second kappa shape index (κ2) is 6.04. The highest BCUT2D eigenvalue weighted by atomic mass is 79.9. The predicted molar refractivity (Wildman–Crippen MR) is 74.5 cm³/mol. The van der Waals surface area contributed by atoms with Gasteiger partial charge < -0.3 is 0 Å². The van der Waals surface area contributed by atoms with Gasteiger partial charge in [-0.1, -0.05) is 27.5 Å². The van der Waals surface area contributed by atoms with Gasteiger partial charge in [0.1, 0.15) is 0 Å². The fraction of sp³-hybridized carbons (Fsp3) is 0.0769. The van der Waals surface area contributed by atoms with Gasteiger partial charge >= 0.3 is 0 Å². The second-order valence-electron chi connectivity index (χ2n) is 3.72. The summed E-state index contributed by atoms with van der Waals surface area (Å²) in [6.45, 7) is 0. The highest BCUT2D eigenvalue weighted by molar-refractivity contribution is 9.10. The Morgan fingerprint density at radius 3 is 2.47 bits per heavy atom. The Labute approximate surface area is 123 Å². The zero-order valence-corrected chi connectivity index (χ0v) is 12.0. The molecule has 0 unspecified atom stereocenters. The molecule has 0 amide bonds. The number of benzene rings is 1. The molecule has 0 aliphatic carbocycles. The van der Waals surface area contributed by atoms with Crippen LogP contribution in [0.3, 0.4) is 0 Å². The molecular formula is C13H8BrClN2O2. The summed E-state index contributed by atoms with van der Waals surface area (Å²) in [4.78, 5) is 31.4. The highest BCUT2D eigenvalue weighted by Gasteiger charge is 2.17. The maximum atomic E-state index is 12.0. The fourth-order valence-electron chi connectivity index (χ4n) is 1.48. The van der Waals surface area contributed by atoms with Crippen LogP contribution in [0.5, 0.6) is 0 Å². The van der Waals surface area contributed by atoms with Crippen molar-refractivity contribution in [3.05, 3.63) is 57.5 Å². The molecule has 0 bridgehead atoms. The minimum Gasteiger partial charge on any atom is -0.294 e. The summed E-state index contributed by atoms with van der Waals surface area (Å²) in [5, 5.41) is 0.307. The van der Waals surface area contributed by atoms with E-state index in [-0.39, 0.29) is 18.0 Å². The number of carbonyl (C=O) groups excluding carboxylic acids is 2. The number of hydrogen-bond donors (Lipinski definition) is 0. The van der Waals surface area contributed by atoms with Gasteiger partial charge in [-0.25, -0.2) is 9.97 Å². The molecule has 0 aliphatic heterocycles. The maximum Gasteiger partial charge on any atom is 0.207 e. The largest absolute Gasteiger partial charge is 0.294 e. The maximum absolute atomic E-state index is 12.0. The lowest BCUT2D eigenvalue weighted by Gasteiger charge is -2.03. The molecule has 0 N–H and O–H groups in total. The minimum atomic E-state index is -0.426. The monoisotopic (exact) mass is 338 g/mol. The van der Waals surface area contributed by atoms with E-state index >= 15 is 0 Å². The molecule has 19 heavy (non-hydrogen) atoms. The van der Waals surface area contributed by atoms with Crippen LogP contribution in [0.4, 0.5) is 0 Å². The van der Waals surface area contributed by atoms with Crippen LogP contribution >= 0.6 is 27.5 Å². The van der Waals surface area contributed by atoms with Crippen molar-refractivity contribution in [1.29, 1.82) is 0 Å². The third kappa shape index (κ3) is 3.45. The van der Waals surface area contributed by atoms with Gasteiger partial charge in [0.25, 0.3) is 0 Å². The Balaban J connectivity index is 2.15. The SMILES string of the molecule is O=C(CC(=O)c1ccc(Br)cc1Cl)c1ncccn1. The average Bonchev–Trinajstić information content (AvgIpc) is 2.39. The van der Waals surface area contributed by atoms with Crippen LogP contribution in [0, 0.1) is 0 Å². The zero-order valence-electron chi connectivity index (χ0n) is 9.64. The average molecular weight is 340 g/mol. The molecule has 1 heterocycles. The van der Waals surface area contributed by atoms with E-state index in [4.69, 9.17) is 11.6 Å². The first-order chi connectivity index (χ1) is 9.08. The number of ketones is 2. The van der Waals surface area contributed by atoms with Crippen molar-refractivity contribution in [2.75, 3.05) is 0 Å². The van der Waals surface area contributed by atoms with Crippen molar-refractivity contribution in [2.45, 2.75) is 6.42 Å². The van der Waals surface area contributed by atoms with Gasteiger partial charge in [0.15, 0.2) is 11.6 Å². The summed E-state index contributed by atoms with van der Waals surface area (Å²) in [5.41, 5.74) is 0.314. The van der Waals surface area contributed by atoms with E-state index in [1.807, 2.05) is 0 Å². The van der Waals surface area contributed by atoms with Gasteiger partial charge in [0.05, 0.1) is 11.4 Å². The normalized spacial score (nSPS) is 10.2. The molecule has 0 spiro atoms. The van der Waals surface area contributed by atoms with Crippen LogP contribution < -0.4 is 0 Å². The number of rotatable bonds is 4. The van der Waals surface area contributed by atoms with E-state index in [0.717, 1.165) is 4.47 Å². The first-order valence-electron chi connectivity index (χ1n) is 5.36. The van der Waals surface area contributed by atoms with Gasteiger partial charge in [-0.05, 0) is 24.3 Å². The van der Waals surface area contributed by atoms with Crippen molar-refractivity contribution >= 4 is 39.1 Å². The second-order valence-corrected chi connectivity index (χ2v) is 5.04. The summed E-state index contributed by atoms with van der Waals surface area (Å²) < 4.78 is 0.770. The Kier molecular flexibility index (Phi) is 4.39. The summed E-state index contributed by atoms with van der Waals surface area (Å²) in [7, 11) is 0. The number of hydrogen-bond acceptors (Lipinski definition) is 4. The topological polar surface area (TPSA) is 59.9 Å². The number of nitrogens with zero attached hydrogens (tertiary/aromatic N) is 2. The molecule has 0 saturated carbocycles. The zero-order chi connectivity index (χ0) is 13.8. The summed E-state index contributed by atoms with van der Waals surface area (Å²) in [6, 6.07) is 6.49. The van der Waals surface area contributed by atoms with E-state index in [0.29, 0.717) is 10.6 Å². The van der Waals surface area contributed by atoms with E-state index < -0.39 is 5.78 Å². The lowest BCUT2D eigenvalue weighted by molar-refractivity contribution is 0.0888. The molecule has 96 valence electrons. The Hall–Kier alpha value is -1.59. The third-order valence-corrected chi connectivity index (χ3v) is 3.17. The van der Waals surface area contributed by atoms with Crippen LogP contribution in [0.2, 0.25) is 5.02 Å². The third-order valence-electron chi connectivity index (χ3n) is 2.37. The summed E-state index contributed by atoms with van der Waals surface area (Å²) in [5.74, 6) is -0.747. The van der Waals surface area contributed by atoms with E-state index in [1.54, 1.807) is 24.3 Å². The number of aromatic nitrogens is 2. The fourth-order valence-corrected chi connectivity index (χ4v) is 2.26. The quantitative estimate of drug-likeness (QED) is 0.633. The first kappa shape index (κ1) is 13.8. The standard InChI is InChI=1S/C13H8BrClN2O2/c14-8-2-3-9(10(15)6-8)11(18)7-12(19)13-16-4-1-5-17-13/h1-6H,7H2. The minimum absolute atomic E-state index is 0.0316. The molecule has 0 aliphatic rings. The van der Waals surface area contributed by atoms with Crippen molar-refractivity contribution in [2.24, 2.45) is 0 Å². The van der Waals surface area contributed by atoms with Gasteiger partial charge in [0.2, 0.25) is 5.78 Å². The molecule has 0 saturated heterocycles. The molecule has 1 aromatic heterocycles. The molecule has 4 nitrogen and oxygen atoms in total. The van der Waals surface area contributed by atoms with Crippen molar-refractivity contribution in [1.82, 2.24) is 9.97 Å². The van der Waals surface area contributed by atoms with Crippen LogP contribution in [-0.4, -0.2) is 21.5 Å². The molecule has 0 fully saturated rings. The molecular weight excluding hydrogens is 332 g/mol. The Morgan fingerprint density at radius 1 is 1.16 bits per heavy atom. The van der Waals surface area contributed by atoms with Gasteiger partial charge in [-0.15, -0.1) is 0 Å². The van der Waals surface area contributed by atoms with Crippen molar-refractivity contribution in [3.8, 4) is 0 Å². The van der Waals surface area contributed by atoms with Crippen LogP contribution in [0.1, 0.15) is 27.4 Å². The highest BCUT2D eigenvalue weighted by Crippen LogP contribution is 2.22. The number of halogens is 2. The molecule has 6 heteroatoms. The molecule has 2 rings (SSSR count). The Bertz CT molecular complexity index is 632. The van der Waals surface area contributed by atoms with Gasteiger partial charge in [-0.2, -0.15) is 0 Å².